The van der Waals surface area contributed by atoms with E-state index in [0.717, 1.165) is 12.8 Å². The van der Waals surface area contributed by atoms with Crippen molar-refractivity contribution in [2.45, 2.75) is 38.3 Å². The number of carbonyl (C=O) groups is 1. The Bertz CT molecular complexity index is 444. The van der Waals surface area contributed by atoms with Gasteiger partial charge in [-0.1, -0.05) is 0 Å². The van der Waals surface area contributed by atoms with E-state index in [1.54, 1.807) is 12.1 Å². The van der Waals surface area contributed by atoms with Gasteiger partial charge < -0.3 is 15.5 Å². The van der Waals surface area contributed by atoms with Crippen LogP contribution in [0.3, 0.4) is 0 Å². The Hall–Kier alpha value is -1.66. The predicted octanol–water partition coefficient (Wildman–Crippen LogP) is 1.05. The van der Waals surface area contributed by atoms with Gasteiger partial charge in [0, 0.05) is 18.8 Å². The minimum atomic E-state index is -0.179. The molecule has 2 rings (SSSR count). The molecule has 0 saturated carbocycles. The van der Waals surface area contributed by atoms with Gasteiger partial charge in [0.1, 0.15) is 5.82 Å². The molecule has 4 N–H and O–H groups in total. The summed E-state index contributed by atoms with van der Waals surface area (Å²) in [6.45, 7) is 4.75. The van der Waals surface area contributed by atoms with Crippen molar-refractivity contribution in [1.82, 2.24) is 10.3 Å². The number of hydrazine groups is 1. The van der Waals surface area contributed by atoms with Crippen molar-refractivity contribution in [3.05, 3.63) is 23.9 Å². The SMILES string of the molecule is CC1(C)CC(NC(=O)c2ccc(NN)nc2)CCO1. The molecule has 104 valence electrons. The quantitative estimate of drug-likeness (QED) is 0.561. The standard InChI is InChI=1S/C13H20N4O2/c1-13(2)7-10(5-6-19-13)16-12(18)9-3-4-11(17-14)15-8-9/h3-4,8,10H,5-7,14H2,1-2H3,(H,15,17)(H,16,18). The zero-order valence-corrected chi connectivity index (χ0v) is 11.3. The molecule has 1 unspecified atom stereocenters. The summed E-state index contributed by atoms with van der Waals surface area (Å²) >= 11 is 0. The number of carbonyl (C=O) groups excluding carboxylic acids is 1. The summed E-state index contributed by atoms with van der Waals surface area (Å²) in [4.78, 5) is 16.1. The van der Waals surface area contributed by atoms with Crippen molar-refractivity contribution in [2.75, 3.05) is 12.0 Å². The first-order chi connectivity index (χ1) is 9.00. The molecule has 0 aliphatic carbocycles. The highest BCUT2D eigenvalue weighted by Gasteiger charge is 2.29. The van der Waals surface area contributed by atoms with Gasteiger partial charge in [-0.05, 0) is 38.8 Å². The number of aromatic nitrogens is 1. The molecule has 6 heteroatoms. The van der Waals surface area contributed by atoms with E-state index in [9.17, 15) is 4.79 Å². The summed E-state index contributed by atoms with van der Waals surface area (Å²) in [5, 5.41) is 3.02. The summed E-state index contributed by atoms with van der Waals surface area (Å²) in [6.07, 6.45) is 3.16. The lowest BCUT2D eigenvalue weighted by molar-refractivity contribution is -0.0615. The molecule has 1 amide bonds. The van der Waals surface area contributed by atoms with Gasteiger partial charge in [-0.25, -0.2) is 10.8 Å². The van der Waals surface area contributed by atoms with Crippen LogP contribution >= 0.6 is 0 Å². The maximum absolute atomic E-state index is 12.1. The second-order valence-electron chi connectivity index (χ2n) is 5.35. The number of rotatable bonds is 3. The van der Waals surface area contributed by atoms with Gasteiger partial charge in [-0.2, -0.15) is 0 Å². The van der Waals surface area contributed by atoms with Crippen LogP contribution in [0.5, 0.6) is 0 Å². The highest BCUT2D eigenvalue weighted by Crippen LogP contribution is 2.24. The van der Waals surface area contributed by atoms with Gasteiger partial charge in [-0.15, -0.1) is 0 Å². The summed E-state index contributed by atoms with van der Waals surface area (Å²) in [6, 6.07) is 3.51. The summed E-state index contributed by atoms with van der Waals surface area (Å²) in [5.74, 6) is 5.65. The highest BCUT2D eigenvalue weighted by atomic mass is 16.5. The van der Waals surface area contributed by atoms with Crippen LogP contribution in [0.25, 0.3) is 0 Å². The summed E-state index contributed by atoms with van der Waals surface area (Å²) in [7, 11) is 0. The predicted molar refractivity (Wildman–Crippen MR) is 72.6 cm³/mol. The van der Waals surface area contributed by atoms with Gasteiger partial charge >= 0.3 is 0 Å². The number of pyridine rings is 1. The lowest BCUT2D eigenvalue weighted by atomic mass is 9.94. The van der Waals surface area contributed by atoms with E-state index < -0.39 is 0 Å². The maximum Gasteiger partial charge on any atom is 0.253 e. The van der Waals surface area contributed by atoms with Crippen molar-refractivity contribution in [3.8, 4) is 0 Å². The lowest BCUT2D eigenvalue weighted by Gasteiger charge is -2.35. The average molecular weight is 264 g/mol. The van der Waals surface area contributed by atoms with E-state index >= 15 is 0 Å². The summed E-state index contributed by atoms with van der Waals surface area (Å²) in [5.41, 5.74) is 2.78. The number of nitrogens with two attached hydrogens (primary N) is 1. The lowest BCUT2D eigenvalue weighted by Crippen LogP contribution is -2.45. The maximum atomic E-state index is 12.1. The normalized spacial score (nSPS) is 21.7. The van der Waals surface area contributed by atoms with Crippen LogP contribution < -0.4 is 16.6 Å². The first kappa shape index (κ1) is 13.8. The number of nitrogens with zero attached hydrogens (tertiary/aromatic N) is 1. The Morgan fingerprint density at radius 1 is 1.53 bits per heavy atom. The number of hydrogen-bond acceptors (Lipinski definition) is 5. The van der Waals surface area contributed by atoms with Crippen molar-refractivity contribution in [1.29, 1.82) is 0 Å². The van der Waals surface area contributed by atoms with Crippen molar-refractivity contribution in [2.24, 2.45) is 5.84 Å². The highest BCUT2D eigenvalue weighted by molar-refractivity contribution is 5.94. The van der Waals surface area contributed by atoms with Crippen LogP contribution in [0.4, 0.5) is 5.82 Å². The molecular weight excluding hydrogens is 244 g/mol. The Morgan fingerprint density at radius 2 is 2.32 bits per heavy atom. The van der Waals surface area contributed by atoms with Crippen LogP contribution in [0.2, 0.25) is 0 Å². The molecule has 1 aromatic rings. The second-order valence-corrected chi connectivity index (χ2v) is 5.35. The van der Waals surface area contributed by atoms with Gasteiger partial charge in [-0.3, -0.25) is 4.79 Å². The topological polar surface area (TPSA) is 89.3 Å². The molecule has 0 radical (unpaired) electrons. The third kappa shape index (κ3) is 3.65. The molecule has 1 fully saturated rings. The van der Waals surface area contributed by atoms with Crippen molar-refractivity contribution in [3.63, 3.8) is 0 Å². The molecule has 1 aliphatic heterocycles. The molecule has 0 aromatic carbocycles. The first-order valence-electron chi connectivity index (χ1n) is 6.38. The van der Waals surface area contributed by atoms with Gasteiger partial charge in [0.15, 0.2) is 0 Å². The van der Waals surface area contributed by atoms with Gasteiger partial charge in [0.2, 0.25) is 0 Å². The van der Waals surface area contributed by atoms with E-state index in [2.05, 4.69) is 15.7 Å². The molecule has 0 bridgehead atoms. The van der Waals surface area contributed by atoms with Crippen LogP contribution in [0.1, 0.15) is 37.0 Å². The van der Waals surface area contributed by atoms with E-state index in [0.29, 0.717) is 18.0 Å². The van der Waals surface area contributed by atoms with Crippen LogP contribution in [0, 0.1) is 0 Å². The van der Waals surface area contributed by atoms with E-state index in [-0.39, 0.29) is 17.6 Å². The second kappa shape index (κ2) is 5.54. The van der Waals surface area contributed by atoms with Gasteiger partial charge in [0.05, 0.1) is 11.2 Å². The zero-order chi connectivity index (χ0) is 13.9. The monoisotopic (exact) mass is 264 g/mol. The molecule has 1 atom stereocenters. The first-order valence-corrected chi connectivity index (χ1v) is 6.38. The minimum Gasteiger partial charge on any atom is -0.375 e. The number of ether oxygens (including phenoxy) is 1. The fourth-order valence-corrected chi connectivity index (χ4v) is 2.24. The number of anilines is 1. The molecule has 19 heavy (non-hydrogen) atoms. The van der Waals surface area contributed by atoms with Crippen LogP contribution in [-0.2, 0) is 4.74 Å². The molecule has 6 nitrogen and oxygen atoms in total. The molecule has 1 aliphatic rings. The number of amides is 1. The third-order valence-electron chi connectivity index (χ3n) is 3.21. The summed E-state index contributed by atoms with van der Waals surface area (Å²) < 4.78 is 5.63. The smallest absolute Gasteiger partial charge is 0.253 e. The number of nitrogens with one attached hydrogen (secondary N) is 2. The van der Waals surface area contributed by atoms with Gasteiger partial charge in [0.25, 0.3) is 5.91 Å². The molecule has 1 aromatic heterocycles. The average Bonchev–Trinajstić information content (AvgIpc) is 2.37. The Labute approximate surface area is 112 Å². The van der Waals surface area contributed by atoms with Crippen molar-refractivity contribution < 1.29 is 9.53 Å². The molecule has 0 spiro atoms. The number of hydrogen-bond donors (Lipinski definition) is 3. The Kier molecular flexibility index (Phi) is 4.01. The Morgan fingerprint density at radius 3 is 2.89 bits per heavy atom. The van der Waals surface area contributed by atoms with E-state index in [1.165, 1.54) is 6.20 Å². The molecule has 1 saturated heterocycles. The fraction of sp³-hybridized carbons (Fsp3) is 0.538. The number of nitrogen functional groups attached to an aromatic ring is 1. The Balaban J connectivity index is 1.96. The largest absolute Gasteiger partial charge is 0.375 e. The zero-order valence-electron chi connectivity index (χ0n) is 11.3. The van der Waals surface area contributed by atoms with Crippen molar-refractivity contribution >= 4 is 11.7 Å². The van der Waals surface area contributed by atoms with Crippen LogP contribution in [-0.4, -0.2) is 29.1 Å². The van der Waals surface area contributed by atoms with Crippen LogP contribution in [0.15, 0.2) is 18.3 Å². The molecular formula is C13H20N4O2. The molecule has 2 heterocycles. The minimum absolute atomic E-state index is 0.112. The fourth-order valence-electron chi connectivity index (χ4n) is 2.24. The van der Waals surface area contributed by atoms with E-state index in [1.807, 2.05) is 13.8 Å². The third-order valence-corrected chi connectivity index (χ3v) is 3.21. The van der Waals surface area contributed by atoms with E-state index in [4.69, 9.17) is 10.6 Å².